The summed E-state index contributed by atoms with van der Waals surface area (Å²) >= 11 is 0. The van der Waals surface area contributed by atoms with Crippen molar-refractivity contribution < 1.29 is 8.78 Å². The van der Waals surface area contributed by atoms with Crippen molar-refractivity contribution >= 4 is 17.3 Å². The molecule has 4 heterocycles. The standard InChI is InChI=1S/C29H31F2N5/c1-3-29(2)11-14-35(15-12-29)26-18-32-27-24(34-26)17-33-28(27)36-13-5-7-21-20(6-4-8-25(21)36)19-9-10-22(30)23(31)16-19/h4,6,8-10,16,18H,3,5,7,11-15,17H2,1-2H3. The van der Waals surface area contributed by atoms with Crippen LogP contribution in [0.4, 0.5) is 20.3 Å². The highest BCUT2D eigenvalue weighted by atomic mass is 19.2. The smallest absolute Gasteiger partial charge is 0.159 e. The normalized spacial score (nSPS) is 18.6. The molecule has 1 saturated heterocycles. The zero-order valence-corrected chi connectivity index (χ0v) is 20.9. The first-order valence-electron chi connectivity index (χ1n) is 13.0. The zero-order valence-electron chi connectivity index (χ0n) is 20.9. The van der Waals surface area contributed by atoms with Gasteiger partial charge in [-0.1, -0.05) is 38.5 Å². The van der Waals surface area contributed by atoms with Crippen LogP contribution in [-0.2, 0) is 13.0 Å². The van der Waals surface area contributed by atoms with Crippen LogP contribution in [0.3, 0.4) is 0 Å². The molecule has 3 aromatic rings. The van der Waals surface area contributed by atoms with Gasteiger partial charge in [0.2, 0.25) is 0 Å². The molecule has 0 unspecified atom stereocenters. The number of amidine groups is 1. The zero-order chi connectivity index (χ0) is 24.9. The number of anilines is 2. The molecule has 1 aromatic heterocycles. The van der Waals surface area contributed by atoms with Crippen LogP contribution in [0, 0.1) is 17.0 Å². The summed E-state index contributed by atoms with van der Waals surface area (Å²) in [4.78, 5) is 19.3. The van der Waals surface area contributed by atoms with Crippen molar-refractivity contribution in [2.45, 2.75) is 52.5 Å². The summed E-state index contributed by atoms with van der Waals surface area (Å²) in [6, 6.07) is 10.2. The van der Waals surface area contributed by atoms with Crippen molar-refractivity contribution in [3.8, 4) is 11.1 Å². The monoisotopic (exact) mass is 487 g/mol. The second-order valence-corrected chi connectivity index (χ2v) is 10.5. The summed E-state index contributed by atoms with van der Waals surface area (Å²) in [6.07, 6.45) is 7.28. The quantitative estimate of drug-likeness (QED) is 0.444. The number of aromatic nitrogens is 2. The van der Waals surface area contributed by atoms with E-state index in [1.165, 1.54) is 31.4 Å². The van der Waals surface area contributed by atoms with Crippen LogP contribution in [0.2, 0.25) is 0 Å². The lowest BCUT2D eigenvalue weighted by Gasteiger charge is -2.39. The molecule has 5 nitrogen and oxygen atoms in total. The van der Waals surface area contributed by atoms with Crippen LogP contribution in [0.1, 0.15) is 56.5 Å². The highest BCUT2D eigenvalue weighted by Gasteiger charge is 2.32. The van der Waals surface area contributed by atoms with Gasteiger partial charge in [-0.05, 0) is 66.0 Å². The van der Waals surface area contributed by atoms with Crippen LogP contribution in [-0.4, -0.2) is 35.4 Å². The molecule has 0 bridgehead atoms. The van der Waals surface area contributed by atoms with E-state index < -0.39 is 11.6 Å². The third kappa shape index (κ3) is 3.94. The number of benzene rings is 2. The van der Waals surface area contributed by atoms with Crippen molar-refractivity contribution in [2.24, 2.45) is 10.4 Å². The number of nitrogens with zero attached hydrogens (tertiary/aromatic N) is 5. The Morgan fingerprint density at radius 2 is 1.86 bits per heavy atom. The average Bonchev–Trinajstić information content (AvgIpc) is 3.33. The maximum absolute atomic E-state index is 14.0. The third-order valence-corrected chi connectivity index (χ3v) is 8.31. The van der Waals surface area contributed by atoms with E-state index in [2.05, 4.69) is 29.7 Å². The van der Waals surface area contributed by atoms with Gasteiger partial charge < -0.3 is 9.80 Å². The molecule has 3 aliphatic rings. The van der Waals surface area contributed by atoms with Crippen LogP contribution in [0.15, 0.2) is 47.6 Å². The number of fused-ring (bicyclic) bond motifs is 2. The highest BCUT2D eigenvalue weighted by molar-refractivity contribution is 6.11. The van der Waals surface area contributed by atoms with E-state index in [1.54, 1.807) is 6.07 Å². The molecule has 36 heavy (non-hydrogen) atoms. The van der Waals surface area contributed by atoms with E-state index in [0.717, 1.165) is 72.3 Å². The highest BCUT2D eigenvalue weighted by Crippen LogP contribution is 2.38. The summed E-state index contributed by atoms with van der Waals surface area (Å²) < 4.78 is 27.5. The summed E-state index contributed by atoms with van der Waals surface area (Å²) in [7, 11) is 0. The first-order chi connectivity index (χ1) is 17.5. The third-order valence-electron chi connectivity index (χ3n) is 8.31. The Hall–Kier alpha value is -3.35. The van der Waals surface area contributed by atoms with Gasteiger partial charge in [-0.25, -0.2) is 18.7 Å². The molecule has 0 saturated carbocycles. The topological polar surface area (TPSA) is 44.6 Å². The lowest BCUT2D eigenvalue weighted by atomic mass is 9.78. The Morgan fingerprint density at radius 1 is 1.03 bits per heavy atom. The average molecular weight is 488 g/mol. The van der Waals surface area contributed by atoms with Crippen LogP contribution < -0.4 is 9.80 Å². The molecule has 0 spiro atoms. The number of hydrogen-bond donors (Lipinski definition) is 0. The van der Waals surface area contributed by atoms with E-state index in [-0.39, 0.29) is 0 Å². The van der Waals surface area contributed by atoms with Gasteiger partial charge in [0, 0.05) is 25.3 Å². The van der Waals surface area contributed by atoms with Gasteiger partial charge in [-0.15, -0.1) is 0 Å². The van der Waals surface area contributed by atoms with Crippen LogP contribution in [0.5, 0.6) is 0 Å². The van der Waals surface area contributed by atoms with E-state index in [4.69, 9.17) is 15.0 Å². The molecule has 3 aliphatic heterocycles. The van der Waals surface area contributed by atoms with Gasteiger partial charge in [0.15, 0.2) is 17.5 Å². The second kappa shape index (κ2) is 8.95. The predicted molar refractivity (Wildman–Crippen MR) is 140 cm³/mol. The molecule has 0 N–H and O–H groups in total. The van der Waals surface area contributed by atoms with Gasteiger partial charge in [-0.3, -0.25) is 4.99 Å². The molecule has 0 atom stereocenters. The Morgan fingerprint density at radius 3 is 2.64 bits per heavy atom. The van der Waals surface area contributed by atoms with Gasteiger partial charge >= 0.3 is 0 Å². The van der Waals surface area contributed by atoms with Gasteiger partial charge in [0.1, 0.15) is 11.5 Å². The first kappa shape index (κ1) is 23.1. The Kier molecular flexibility index (Phi) is 5.73. The van der Waals surface area contributed by atoms with Gasteiger partial charge in [0.25, 0.3) is 0 Å². The molecular weight excluding hydrogens is 456 g/mol. The molecule has 0 radical (unpaired) electrons. The molecular formula is C29H31F2N5. The minimum Gasteiger partial charge on any atom is -0.355 e. The van der Waals surface area contributed by atoms with E-state index in [0.29, 0.717) is 17.5 Å². The van der Waals surface area contributed by atoms with Crippen molar-refractivity contribution in [3.63, 3.8) is 0 Å². The lowest BCUT2D eigenvalue weighted by Crippen LogP contribution is -2.39. The maximum Gasteiger partial charge on any atom is 0.159 e. The van der Waals surface area contributed by atoms with E-state index in [1.807, 2.05) is 18.3 Å². The van der Waals surface area contributed by atoms with Crippen molar-refractivity contribution in [1.82, 2.24) is 9.97 Å². The predicted octanol–water partition coefficient (Wildman–Crippen LogP) is 6.15. The molecule has 186 valence electrons. The number of hydrogen-bond acceptors (Lipinski definition) is 5. The second-order valence-electron chi connectivity index (χ2n) is 10.5. The summed E-state index contributed by atoms with van der Waals surface area (Å²) in [6.45, 7) is 8.05. The van der Waals surface area contributed by atoms with Crippen LogP contribution >= 0.6 is 0 Å². The summed E-state index contributed by atoms with van der Waals surface area (Å²) in [5.41, 5.74) is 6.00. The van der Waals surface area contributed by atoms with Crippen molar-refractivity contribution in [1.29, 1.82) is 0 Å². The Balaban J connectivity index is 1.28. The molecule has 7 heteroatoms. The Bertz CT molecular complexity index is 1340. The van der Waals surface area contributed by atoms with Crippen molar-refractivity contribution in [3.05, 3.63) is 71.2 Å². The summed E-state index contributed by atoms with van der Waals surface area (Å²) in [5.74, 6) is 0.141. The SMILES string of the molecule is CCC1(C)CCN(c2cnc3c(n2)CN=C3N2CCCc3c(-c4ccc(F)c(F)c4)cccc32)CC1. The summed E-state index contributed by atoms with van der Waals surface area (Å²) in [5, 5.41) is 0. The van der Waals surface area contributed by atoms with Crippen LogP contribution in [0.25, 0.3) is 11.1 Å². The van der Waals surface area contributed by atoms with Gasteiger partial charge in [0.05, 0.1) is 18.4 Å². The van der Waals surface area contributed by atoms with Gasteiger partial charge in [-0.2, -0.15) is 0 Å². The minimum atomic E-state index is -0.830. The Labute approximate surface area is 210 Å². The largest absolute Gasteiger partial charge is 0.355 e. The fourth-order valence-corrected chi connectivity index (χ4v) is 5.71. The molecule has 0 aliphatic carbocycles. The number of aliphatic imine (C=N–C) groups is 1. The fraction of sp³-hybridized carbons (Fsp3) is 0.414. The van der Waals surface area contributed by atoms with Crippen molar-refractivity contribution in [2.75, 3.05) is 29.4 Å². The molecule has 0 amide bonds. The van der Waals surface area contributed by atoms with E-state index >= 15 is 0 Å². The maximum atomic E-state index is 14.0. The number of halogens is 2. The number of piperidine rings is 1. The minimum absolute atomic E-state index is 0.428. The molecule has 6 rings (SSSR count). The first-order valence-corrected chi connectivity index (χ1v) is 13.0. The fourth-order valence-electron chi connectivity index (χ4n) is 5.71. The molecule has 2 aromatic carbocycles. The van der Waals surface area contributed by atoms with E-state index in [9.17, 15) is 8.78 Å². The lowest BCUT2D eigenvalue weighted by molar-refractivity contribution is 0.237. The number of rotatable bonds is 3. The molecule has 1 fully saturated rings.